The van der Waals surface area contributed by atoms with Crippen LogP contribution < -0.4 is 4.90 Å². The van der Waals surface area contributed by atoms with Crippen molar-refractivity contribution in [2.45, 2.75) is 13.0 Å². The number of rotatable bonds is 5. The molecule has 2 aromatic carbocycles. The summed E-state index contributed by atoms with van der Waals surface area (Å²) in [5, 5.41) is 0. The number of hydrogen-bond acceptors (Lipinski definition) is 4. The Morgan fingerprint density at radius 2 is 1.67 bits per heavy atom. The second kappa shape index (κ2) is 7.86. The predicted molar refractivity (Wildman–Crippen MR) is 98.8 cm³/mol. The molecule has 0 aliphatic heterocycles. The lowest BCUT2D eigenvalue weighted by atomic mass is 10.2. The van der Waals surface area contributed by atoms with Gasteiger partial charge in [0.1, 0.15) is 11.6 Å². The smallest absolute Gasteiger partial charge is 0.375 e. The lowest BCUT2D eigenvalue weighted by molar-refractivity contribution is -0.126. The van der Waals surface area contributed by atoms with E-state index in [4.69, 9.17) is 9.15 Å². The van der Waals surface area contributed by atoms with Crippen LogP contribution >= 0.6 is 0 Å². The largest absolute Gasteiger partial charge is 0.449 e. The lowest BCUT2D eigenvalue weighted by Crippen LogP contribution is -2.37. The molecule has 3 rings (SSSR count). The number of anilines is 1. The highest BCUT2D eigenvalue weighted by atomic mass is 19.1. The van der Waals surface area contributed by atoms with Crippen molar-refractivity contribution < 1.29 is 23.1 Å². The average Bonchev–Trinajstić information content (AvgIpc) is 3.18. The number of para-hydroxylation sites is 1. The quantitative estimate of drug-likeness (QED) is 0.631. The van der Waals surface area contributed by atoms with Crippen molar-refractivity contribution in [3.63, 3.8) is 0 Å². The van der Waals surface area contributed by atoms with Crippen molar-refractivity contribution in [3.05, 3.63) is 78.3 Å². The molecule has 0 aliphatic rings. The summed E-state index contributed by atoms with van der Waals surface area (Å²) in [6.07, 6.45) is -0.984. The molecule has 27 heavy (non-hydrogen) atoms. The molecule has 6 heteroatoms. The van der Waals surface area contributed by atoms with Crippen LogP contribution in [-0.4, -0.2) is 25.0 Å². The van der Waals surface area contributed by atoms with Crippen molar-refractivity contribution >= 4 is 17.6 Å². The number of furan rings is 1. The first-order chi connectivity index (χ1) is 13.0. The number of carbonyl (C=O) groups excluding carboxylic acids is 2. The number of carbonyl (C=O) groups is 2. The summed E-state index contributed by atoms with van der Waals surface area (Å²) in [6.45, 7) is 1.50. The van der Waals surface area contributed by atoms with Gasteiger partial charge < -0.3 is 14.1 Å². The summed E-state index contributed by atoms with van der Waals surface area (Å²) in [5.41, 5.74) is 1.32. The van der Waals surface area contributed by atoms with Crippen LogP contribution in [0.1, 0.15) is 17.5 Å². The summed E-state index contributed by atoms with van der Waals surface area (Å²) >= 11 is 0. The minimum Gasteiger partial charge on any atom is -0.449 e. The molecule has 0 aliphatic carbocycles. The van der Waals surface area contributed by atoms with Gasteiger partial charge in [0.05, 0.1) is 0 Å². The minimum absolute atomic E-state index is 0.0312. The highest BCUT2D eigenvalue weighted by Gasteiger charge is 2.24. The van der Waals surface area contributed by atoms with E-state index in [2.05, 4.69) is 0 Å². The Balaban J connectivity index is 1.66. The minimum atomic E-state index is -0.984. The number of benzene rings is 2. The topological polar surface area (TPSA) is 59.8 Å². The molecule has 0 saturated carbocycles. The lowest BCUT2D eigenvalue weighted by Gasteiger charge is -2.21. The molecule has 0 radical (unpaired) electrons. The first-order valence-corrected chi connectivity index (χ1v) is 8.35. The molecular weight excluding hydrogens is 349 g/mol. The fraction of sp³-hybridized carbons (Fsp3) is 0.143. The summed E-state index contributed by atoms with van der Waals surface area (Å²) in [4.78, 5) is 26.1. The van der Waals surface area contributed by atoms with E-state index in [0.717, 1.165) is 0 Å². The van der Waals surface area contributed by atoms with E-state index < -0.39 is 12.1 Å². The molecule has 1 amide bonds. The van der Waals surface area contributed by atoms with Crippen LogP contribution in [0, 0.1) is 5.82 Å². The van der Waals surface area contributed by atoms with Crippen LogP contribution in [0.2, 0.25) is 0 Å². The van der Waals surface area contributed by atoms with Crippen molar-refractivity contribution in [2.24, 2.45) is 0 Å². The van der Waals surface area contributed by atoms with Gasteiger partial charge in [-0.1, -0.05) is 18.2 Å². The Hall–Kier alpha value is -3.41. The number of esters is 1. The highest BCUT2D eigenvalue weighted by molar-refractivity contribution is 5.98. The van der Waals surface area contributed by atoms with E-state index in [1.807, 2.05) is 18.2 Å². The third-order valence-electron chi connectivity index (χ3n) is 4.04. The Labute approximate surface area is 156 Å². The molecule has 0 spiro atoms. The second-order valence-electron chi connectivity index (χ2n) is 5.95. The van der Waals surface area contributed by atoms with Gasteiger partial charge in [-0.3, -0.25) is 4.79 Å². The van der Waals surface area contributed by atoms with E-state index in [1.54, 1.807) is 37.4 Å². The number of hydrogen-bond donors (Lipinski definition) is 0. The molecule has 0 fully saturated rings. The molecule has 1 unspecified atom stereocenters. The van der Waals surface area contributed by atoms with Crippen LogP contribution in [-0.2, 0) is 9.53 Å². The fourth-order valence-corrected chi connectivity index (χ4v) is 2.54. The molecule has 0 saturated heterocycles. The zero-order valence-corrected chi connectivity index (χ0v) is 14.9. The molecule has 1 heterocycles. The van der Waals surface area contributed by atoms with Gasteiger partial charge >= 0.3 is 5.97 Å². The van der Waals surface area contributed by atoms with Crippen LogP contribution in [0.5, 0.6) is 0 Å². The molecule has 138 valence electrons. The summed E-state index contributed by atoms with van der Waals surface area (Å²) in [6, 6.07) is 17.8. The van der Waals surface area contributed by atoms with Crippen LogP contribution in [0.25, 0.3) is 11.3 Å². The Morgan fingerprint density at radius 3 is 2.33 bits per heavy atom. The zero-order chi connectivity index (χ0) is 19.4. The van der Waals surface area contributed by atoms with Crippen LogP contribution in [0.15, 0.2) is 71.1 Å². The first-order valence-electron chi connectivity index (χ1n) is 8.35. The van der Waals surface area contributed by atoms with E-state index in [0.29, 0.717) is 17.0 Å². The van der Waals surface area contributed by atoms with E-state index >= 15 is 0 Å². The SMILES string of the molecule is CC(OC(=O)c1ccc(-c2ccc(F)cc2)o1)C(=O)N(C)c1ccccc1. The maximum Gasteiger partial charge on any atom is 0.375 e. The number of likely N-dealkylation sites (N-methyl/N-ethyl adjacent to an activating group) is 1. The van der Waals surface area contributed by atoms with Crippen LogP contribution in [0.4, 0.5) is 10.1 Å². The van der Waals surface area contributed by atoms with Gasteiger partial charge in [0.15, 0.2) is 6.10 Å². The number of nitrogens with zero attached hydrogens (tertiary/aromatic N) is 1. The molecule has 1 aromatic heterocycles. The van der Waals surface area contributed by atoms with E-state index in [-0.39, 0.29) is 17.5 Å². The van der Waals surface area contributed by atoms with Crippen molar-refractivity contribution in [1.29, 1.82) is 0 Å². The van der Waals surface area contributed by atoms with E-state index in [9.17, 15) is 14.0 Å². The summed E-state index contributed by atoms with van der Waals surface area (Å²) in [5.74, 6) is -1.09. The van der Waals surface area contributed by atoms with Crippen molar-refractivity contribution in [2.75, 3.05) is 11.9 Å². The zero-order valence-electron chi connectivity index (χ0n) is 14.9. The fourth-order valence-electron chi connectivity index (χ4n) is 2.54. The maximum atomic E-state index is 13.0. The Kier molecular flexibility index (Phi) is 5.35. The molecule has 3 aromatic rings. The van der Waals surface area contributed by atoms with E-state index in [1.165, 1.54) is 30.0 Å². The Morgan fingerprint density at radius 1 is 1.00 bits per heavy atom. The third-order valence-corrected chi connectivity index (χ3v) is 4.04. The van der Waals surface area contributed by atoms with Gasteiger partial charge in [0.25, 0.3) is 5.91 Å². The second-order valence-corrected chi connectivity index (χ2v) is 5.95. The average molecular weight is 367 g/mol. The number of halogens is 1. The number of ether oxygens (including phenoxy) is 1. The monoisotopic (exact) mass is 367 g/mol. The summed E-state index contributed by atoms with van der Waals surface area (Å²) in [7, 11) is 1.61. The van der Waals surface area contributed by atoms with Crippen molar-refractivity contribution in [1.82, 2.24) is 0 Å². The maximum absolute atomic E-state index is 13.0. The standard InChI is InChI=1S/C21H18FNO4/c1-14(20(24)23(2)17-6-4-3-5-7-17)26-21(25)19-13-12-18(27-19)15-8-10-16(22)11-9-15/h3-14H,1-2H3. The molecule has 1 atom stereocenters. The van der Waals surface area contributed by atoms with Crippen molar-refractivity contribution in [3.8, 4) is 11.3 Å². The van der Waals surface area contributed by atoms with Gasteiger partial charge in [0, 0.05) is 18.3 Å². The number of amides is 1. The van der Waals surface area contributed by atoms with Crippen LogP contribution in [0.3, 0.4) is 0 Å². The van der Waals surface area contributed by atoms with Gasteiger partial charge in [-0.05, 0) is 55.5 Å². The molecule has 0 bridgehead atoms. The normalized spacial score (nSPS) is 11.7. The van der Waals surface area contributed by atoms with Gasteiger partial charge in [-0.25, -0.2) is 9.18 Å². The third kappa shape index (κ3) is 4.23. The molecular formula is C21H18FNO4. The van der Waals surface area contributed by atoms with Gasteiger partial charge in [-0.2, -0.15) is 0 Å². The predicted octanol–water partition coefficient (Wildman–Crippen LogP) is 4.29. The molecule has 0 N–H and O–H groups in total. The Bertz CT molecular complexity index is 934. The first kappa shape index (κ1) is 18.4. The highest BCUT2D eigenvalue weighted by Crippen LogP contribution is 2.23. The van der Waals surface area contributed by atoms with Gasteiger partial charge in [0.2, 0.25) is 5.76 Å². The summed E-state index contributed by atoms with van der Waals surface area (Å²) < 4.78 is 23.7. The van der Waals surface area contributed by atoms with Gasteiger partial charge in [-0.15, -0.1) is 0 Å². The molecule has 5 nitrogen and oxygen atoms in total.